The van der Waals surface area contributed by atoms with Crippen LogP contribution in [0.5, 0.6) is 0 Å². The van der Waals surface area contributed by atoms with Gasteiger partial charge < -0.3 is 22.4 Å². The zero-order chi connectivity index (χ0) is 10.4. The van der Waals surface area contributed by atoms with Crippen LogP contribution in [-0.2, 0) is 22.4 Å². The van der Waals surface area contributed by atoms with Crippen LogP contribution >= 0.6 is 0 Å². The molecule has 0 amide bonds. The quantitative estimate of drug-likeness (QED) is 0.648. The lowest BCUT2D eigenvalue weighted by molar-refractivity contribution is -0.0225. The first-order valence-electron chi connectivity index (χ1n) is 4.44. The van der Waals surface area contributed by atoms with Crippen LogP contribution in [0.15, 0.2) is 12.0 Å². The van der Waals surface area contributed by atoms with Gasteiger partial charge in [0.05, 0.1) is 6.61 Å². The highest BCUT2D eigenvalue weighted by molar-refractivity contribution is 6.53. The van der Waals surface area contributed by atoms with Gasteiger partial charge in [0, 0.05) is 21.3 Å². The summed E-state index contributed by atoms with van der Waals surface area (Å²) in [4.78, 5) is 0. The van der Waals surface area contributed by atoms with E-state index in [0.29, 0.717) is 12.6 Å². The molecule has 14 heavy (non-hydrogen) atoms. The molecule has 0 aromatic carbocycles. The fraction of sp³-hybridized carbons (Fsp3) is 0.750. The third kappa shape index (κ3) is 2.71. The second-order valence-electron chi connectivity index (χ2n) is 2.73. The number of allylic oxidation sites excluding steroid dienone is 1. The van der Waals surface area contributed by atoms with Crippen molar-refractivity contribution in [2.24, 2.45) is 0 Å². The Morgan fingerprint density at radius 1 is 1.21 bits per heavy atom. The molecule has 6 heteroatoms. The third-order valence-electron chi connectivity index (χ3n) is 1.88. The lowest BCUT2D eigenvalue weighted by Crippen LogP contribution is -2.46. The second-order valence-corrected chi connectivity index (χ2v) is 5.16. The SMILES string of the molecule is CO[Si](OC)(OC)OC1=CCCCO1. The van der Waals surface area contributed by atoms with Gasteiger partial charge in [0.1, 0.15) is 0 Å². The molecule has 1 rings (SSSR count). The van der Waals surface area contributed by atoms with E-state index < -0.39 is 9.05 Å². The van der Waals surface area contributed by atoms with E-state index >= 15 is 0 Å². The standard InChI is InChI=1S/C8H16O5Si/c1-9-14(10-2,11-3)13-8-6-4-5-7-12-8/h6H,4-5,7H2,1-3H3. The van der Waals surface area contributed by atoms with Gasteiger partial charge in [-0.2, -0.15) is 0 Å². The fourth-order valence-corrected chi connectivity index (χ4v) is 2.24. The van der Waals surface area contributed by atoms with E-state index in [0.717, 1.165) is 12.8 Å². The molecule has 0 aromatic heterocycles. The first kappa shape index (κ1) is 11.5. The molecule has 1 aliphatic heterocycles. The molecule has 1 aliphatic rings. The van der Waals surface area contributed by atoms with Crippen molar-refractivity contribution in [3.05, 3.63) is 12.0 Å². The smallest absolute Gasteiger partial charge is 0.466 e. The minimum atomic E-state index is -3.00. The maximum atomic E-state index is 5.44. The zero-order valence-electron chi connectivity index (χ0n) is 8.74. The molecule has 1 heterocycles. The van der Waals surface area contributed by atoms with Crippen molar-refractivity contribution in [1.29, 1.82) is 0 Å². The van der Waals surface area contributed by atoms with Gasteiger partial charge in [-0.25, -0.2) is 0 Å². The molecule has 0 fully saturated rings. The first-order valence-corrected chi connectivity index (χ1v) is 6.07. The number of rotatable bonds is 5. The highest BCUT2D eigenvalue weighted by atomic mass is 28.4. The average molecular weight is 220 g/mol. The maximum absolute atomic E-state index is 5.44. The van der Waals surface area contributed by atoms with Crippen LogP contribution in [0.1, 0.15) is 12.8 Å². The van der Waals surface area contributed by atoms with E-state index in [1.807, 2.05) is 6.08 Å². The van der Waals surface area contributed by atoms with Crippen molar-refractivity contribution in [3.63, 3.8) is 0 Å². The molecule has 0 saturated heterocycles. The summed E-state index contributed by atoms with van der Waals surface area (Å²) < 4.78 is 26.0. The molecule has 5 nitrogen and oxygen atoms in total. The molecule has 0 unspecified atom stereocenters. The number of hydrogen-bond donors (Lipinski definition) is 0. The van der Waals surface area contributed by atoms with Crippen molar-refractivity contribution < 1.29 is 22.4 Å². The second kappa shape index (κ2) is 5.35. The molecule has 82 valence electrons. The van der Waals surface area contributed by atoms with Crippen molar-refractivity contribution in [1.82, 2.24) is 0 Å². The summed E-state index contributed by atoms with van der Waals surface area (Å²) in [7, 11) is 1.47. The summed E-state index contributed by atoms with van der Waals surface area (Å²) in [5, 5.41) is 0. The molecular formula is C8H16O5Si. The first-order chi connectivity index (χ1) is 6.76. The van der Waals surface area contributed by atoms with Gasteiger partial charge in [0.2, 0.25) is 0 Å². The zero-order valence-corrected chi connectivity index (χ0v) is 9.74. The fourth-order valence-electron chi connectivity index (χ4n) is 1.10. The Labute approximate surface area is 85.0 Å². The molecule has 0 aliphatic carbocycles. The summed E-state index contributed by atoms with van der Waals surface area (Å²) >= 11 is 0. The van der Waals surface area contributed by atoms with Crippen LogP contribution in [0.3, 0.4) is 0 Å². The molecule has 0 aromatic rings. The Bertz CT molecular complexity index is 194. The molecule has 0 spiro atoms. The van der Waals surface area contributed by atoms with Crippen LogP contribution in [0.25, 0.3) is 0 Å². The Kier molecular flexibility index (Phi) is 4.40. The Morgan fingerprint density at radius 3 is 2.29 bits per heavy atom. The summed E-state index contributed by atoms with van der Waals surface area (Å²) in [5.74, 6) is 0.438. The van der Waals surface area contributed by atoms with Gasteiger partial charge >= 0.3 is 9.05 Å². The van der Waals surface area contributed by atoms with Crippen molar-refractivity contribution in [2.45, 2.75) is 12.8 Å². The summed E-state index contributed by atoms with van der Waals surface area (Å²) in [6, 6.07) is 0. The van der Waals surface area contributed by atoms with Crippen LogP contribution in [0, 0.1) is 0 Å². The van der Waals surface area contributed by atoms with Gasteiger partial charge in [0.25, 0.3) is 5.95 Å². The van der Waals surface area contributed by atoms with Crippen molar-refractivity contribution >= 4 is 9.05 Å². The highest BCUT2D eigenvalue weighted by Gasteiger charge is 2.46. The summed E-state index contributed by atoms with van der Waals surface area (Å²) in [6.07, 6.45) is 3.81. The lowest BCUT2D eigenvalue weighted by atomic mass is 10.3. The number of ether oxygens (including phenoxy) is 1. The van der Waals surface area contributed by atoms with Crippen LogP contribution in [-0.4, -0.2) is 37.0 Å². The van der Waals surface area contributed by atoms with E-state index in [2.05, 4.69) is 0 Å². The number of hydrogen-bond acceptors (Lipinski definition) is 5. The van der Waals surface area contributed by atoms with Crippen LogP contribution in [0.4, 0.5) is 0 Å². The average Bonchev–Trinajstić information content (AvgIpc) is 2.28. The molecular weight excluding hydrogens is 204 g/mol. The predicted molar refractivity (Wildman–Crippen MR) is 51.1 cm³/mol. The minimum Gasteiger partial charge on any atom is -0.466 e. The summed E-state index contributed by atoms with van der Waals surface area (Å²) in [6.45, 7) is 0.660. The topological polar surface area (TPSA) is 46.2 Å². The van der Waals surface area contributed by atoms with Crippen molar-refractivity contribution in [2.75, 3.05) is 27.9 Å². The largest absolute Gasteiger partial charge is 0.750 e. The Morgan fingerprint density at radius 2 is 1.86 bits per heavy atom. The van der Waals surface area contributed by atoms with E-state index in [1.165, 1.54) is 21.3 Å². The van der Waals surface area contributed by atoms with Gasteiger partial charge in [-0.3, -0.25) is 0 Å². The Balaban J connectivity index is 2.57. The molecule has 0 N–H and O–H groups in total. The van der Waals surface area contributed by atoms with Gasteiger partial charge in [-0.15, -0.1) is 0 Å². The van der Waals surface area contributed by atoms with Gasteiger partial charge in [-0.1, -0.05) is 0 Å². The van der Waals surface area contributed by atoms with E-state index in [9.17, 15) is 0 Å². The molecule has 0 bridgehead atoms. The van der Waals surface area contributed by atoms with Gasteiger partial charge in [-0.05, 0) is 18.9 Å². The molecule has 0 saturated carbocycles. The highest BCUT2D eigenvalue weighted by Crippen LogP contribution is 2.18. The van der Waals surface area contributed by atoms with E-state index in [-0.39, 0.29) is 0 Å². The minimum absolute atomic E-state index is 0.438. The molecule has 0 atom stereocenters. The predicted octanol–water partition coefficient (Wildman–Crippen LogP) is 1.03. The van der Waals surface area contributed by atoms with Crippen molar-refractivity contribution in [3.8, 4) is 0 Å². The monoisotopic (exact) mass is 220 g/mol. The Hall–Kier alpha value is -0.563. The van der Waals surface area contributed by atoms with E-state index in [4.69, 9.17) is 22.4 Å². The third-order valence-corrected chi connectivity index (χ3v) is 3.83. The van der Waals surface area contributed by atoms with Gasteiger partial charge in [0.15, 0.2) is 0 Å². The van der Waals surface area contributed by atoms with Crippen LogP contribution < -0.4 is 0 Å². The summed E-state index contributed by atoms with van der Waals surface area (Å²) in [5.41, 5.74) is 0. The maximum Gasteiger partial charge on any atom is 0.750 e. The van der Waals surface area contributed by atoms with Crippen LogP contribution in [0.2, 0.25) is 0 Å². The molecule has 0 radical (unpaired) electrons. The lowest BCUT2D eigenvalue weighted by Gasteiger charge is -2.25. The normalized spacial score (nSPS) is 17.2. The van der Waals surface area contributed by atoms with E-state index in [1.54, 1.807) is 0 Å².